The minimum absolute atomic E-state index is 0.136. The van der Waals surface area contributed by atoms with Crippen LogP contribution in [0.25, 0.3) is 0 Å². The van der Waals surface area contributed by atoms with Gasteiger partial charge >= 0.3 is 18.8 Å². The van der Waals surface area contributed by atoms with Crippen LogP contribution in [0.3, 0.4) is 0 Å². The first-order chi connectivity index (χ1) is 14.7. The average molecular weight is 445 g/mol. The summed E-state index contributed by atoms with van der Waals surface area (Å²) in [5.74, 6) is -0.136. The van der Waals surface area contributed by atoms with Crippen LogP contribution in [0.15, 0.2) is 42.5 Å². The molecule has 168 valence electrons. The molecule has 1 fully saturated rings. The molecule has 0 saturated carbocycles. The number of carbonyl (C=O) groups excluding carboxylic acids is 1. The van der Waals surface area contributed by atoms with E-state index in [-0.39, 0.29) is 17.9 Å². The second kappa shape index (κ2) is 9.82. The smallest absolute Gasteiger partial charge is 0.418 e. The van der Waals surface area contributed by atoms with E-state index in [2.05, 4.69) is 15.4 Å². The van der Waals surface area contributed by atoms with E-state index in [0.717, 1.165) is 6.07 Å². The van der Waals surface area contributed by atoms with E-state index in [1.165, 1.54) is 30.3 Å². The first-order valence-electron chi connectivity index (χ1n) is 9.35. The van der Waals surface area contributed by atoms with Gasteiger partial charge in [0, 0.05) is 30.9 Å². The van der Waals surface area contributed by atoms with E-state index in [1.54, 1.807) is 11.0 Å². The highest BCUT2D eigenvalue weighted by atomic mass is 19.4. The molecule has 2 aromatic rings. The highest BCUT2D eigenvalue weighted by Crippen LogP contribution is 2.37. The number of morpholine rings is 1. The Morgan fingerprint density at radius 3 is 2.52 bits per heavy atom. The second-order valence-electron chi connectivity index (χ2n) is 6.62. The molecule has 2 N–H and O–H groups in total. The number of hydrogen-bond acceptors (Lipinski definition) is 4. The predicted molar refractivity (Wildman–Crippen MR) is 103 cm³/mol. The average Bonchev–Trinajstić information content (AvgIpc) is 2.73. The van der Waals surface area contributed by atoms with Crippen LogP contribution in [0.5, 0.6) is 5.75 Å². The lowest BCUT2D eigenvalue weighted by atomic mass is 10.1. The molecule has 1 aliphatic rings. The van der Waals surface area contributed by atoms with Crippen molar-refractivity contribution in [2.24, 2.45) is 0 Å². The normalized spacial score (nSPS) is 14.5. The topological polar surface area (TPSA) is 62.8 Å². The van der Waals surface area contributed by atoms with Crippen molar-refractivity contribution in [2.75, 3.05) is 36.5 Å². The van der Waals surface area contributed by atoms with Crippen molar-refractivity contribution in [3.05, 3.63) is 53.6 Å². The molecular formula is C20H20F5N3O3. The molecule has 1 aliphatic heterocycles. The van der Waals surface area contributed by atoms with E-state index >= 15 is 0 Å². The van der Waals surface area contributed by atoms with Crippen LogP contribution in [0.1, 0.15) is 11.1 Å². The number of carbonyl (C=O) groups is 1. The van der Waals surface area contributed by atoms with Gasteiger partial charge in [0.1, 0.15) is 5.75 Å². The van der Waals surface area contributed by atoms with Crippen LogP contribution in [-0.2, 0) is 17.5 Å². The quantitative estimate of drug-likeness (QED) is 0.645. The number of para-hydroxylation sites is 1. The molecule has 1 heterocycles. The van der Waals surface area contributed by atoms with Gasteiger partial charge in [-0.25, -0.2) is 4.79 Å². The highest BCUT2D eigenvalue weighted by Gasteiger charge is 2.35. The zero-order valence-electron chi connectivity index (χ0n) is 16.2. The van der Waals surface area contributed by atoms with Crippen LogP contribution >= 0.6 is 0 Å². The molecule has 6 nitrogen and oxygen atoms in total. The number of halogens is 5. The number of amides is 2. The molecule has 1 saturated heterocycles. The summed E-state index contributed by atoms with van der Waals surface area (Å²) in [6.45, 7) is -1.51. The highest BCUT2D eigenvalue weighted by molar-refractivity contribution is 5.90. The molecule has 2 amide bonds. The minimum atomic E-state index is -4.69. The lowest BCUT2D eigenvalue weighted by Gasteiger charge is -2.29. The fraction of sp³-hybridized carbons (Fsp3) is 0.350. The summed E-state index contributed by atoms with van der Waals surface area (Å²) < 4.78 is 75.2. The molecule has 0 aliphatic carbocycles. The minimum Gasteiger partial charge on any atom is -0.434 e. The summed E-state index contributed by atoms with van der Waals surface area (Å²) in [5, 5.41) is 4.52. The van der Waals surface area contributed by atoms with E-state index < -0.39 is 30.1 Å². The van der Waals surface area contributed by atoms with Gasteiger partial charge in [0.25, 0.3) is 0 Å². The Hall–Kier alpha value is -3.08. The van der Waals surface area contributed by atoms with E-state index in [4.69, 9.17) is 4.74 Å². The van der Waals surface area contributed by atoms with E-state index in [1.807, 2.05) is 0 Å². The number of alkyl halides is 5. The summed E-state index contributed by atoms with van der Waals surface area (Å²) in [6.07, 6.45) is -4.69. The molecule has 0 aromatic heterocycles. The van der Waals surface area contributed by atoms with Gasteiger partial charge in [-0.2, -0.15) is 22.0 Å². The number of benzene rings is 2. The molecule has 31 heavy (non-hydrogen) atoms. The summed E-state index contributed by atoms with van der Waals surface area (Å²) in [5.41, 5.74) is -0.788. The number of rotatable bonds is 6. The third kappa shape index (κ3) is 6.20. The number of nitrogens with zero attached hydrogens (tertiary/aromatic N) is 1. The van der Waals surface area contributed by atoms with Crippen LogP contribution in [0.2, 0.25) is 0 Å². The van der Waals surface area contributed by atoms with Crippen molar-refractivity contribution >= 4 is 17.4 Å². The van der Waals surface area contributed by atoms with Crippen molar-refractivity contribution in [3.8, 4) is 5.75 Å². The monoisotopic (exact) mass is 445 g/mol. The van der Waals surface area contributed by atoms with Crippen LogP contribution in [0, 0.1) is 0 Å². The summed E-state index contributed by atoms with van der Waals surface area (Å²) >= 11 is 0. The summed E-state index contributed by atoms with van der Waals surface area (Å²) in [4.78, 5) is 13.9. The number of ether oxygens (including phenoxy) is 2. The Morgan fingerprint density at radius 2 is 1.84 bits per heavy atom. The van der Waals surface area contributed by atoms with Crippen LogP contribution < -0.4 is 20.3 Å². The Morgan fingerprint density at radius 1 is 1.13 bits per heavy atom. The van der Waals surface area contributed by atoms with Gasteiger partial charge in [0.2, 0.25) is 0 Å². The lowest BCUT2D eigenvalue weighted by Crippen LogP contribution is -2.36. The Kier molecular flexibility index (Phi) is 7.16. The van der Waals surface area contributed by atoms with Gasteiger partial charge in [0.05, 0.1) is 24.5 Å². The lowest BCUT2D eigenvalue weighted by molar-refractivity contribution is -0.136. The number of hydrogen-bond donors (Lipinski definition) is 2. The van der Waals surface area contributed by atoms with Crippen LogP contribution in [-0.4, -0.2) is 38.9 Å². The standard InChI is InChI=1S/C20H20F5N3O3/c21-18(22)31-17-4-2-1-3-13(17)12-26-19(29)27-16-6-5-14(11-15(16)20(23,24)25)28-7-9-30-10-8-28/h1-6,11,18H,7-10,12H2,(H2,26,27,29). The van der Waals surface area contributed by atoms with Crippen molar-refractivity contribution in [1.29, 1.82) is 0 Å². The van der Waals surface area contributed by atoms with E-state index in [9.17, 15) is 26.7 Å². The van der Waals surface area contributed by atoms with Crippen molar-refractivity contribution in [2.45, 2.75) is 19.3 Å². The zero-order valence-corrected chi connectivity index (χ0v) is 16.2. The maximum Gasteiger partial charge on any atom is 0.418 e. The molecule has 0 atom stereocenters. The molecule has 0 radical (unpaired) electrons. The van der Waals surface area contributed by atoms with Crippen LogP contribution in [0.4, 0.5) is 38.1 Å². The van der Waals surface area contributed by atoms with Gasteiger partial charge in [-0.1, -0.05) is 18.2 Å². The fourth-order valence-corrected chi connectivity index (χ4v) is 3.10. The first kappa shape index (κ1) is 22.6. The maximum atomic E-state index is 13.6. The third-order valence-corrected chi connectivity index (χ3v) is 4.56. The Labute approximate surface area is 174 Å². The SMILES string of the molecule is O=C(NCc1ccccc1OC(F)F)Nc1ccc(N2CCOCC2)cc1C(F)(F)F. The van der Waals surface area contributed by atoms with E-state index in [0.29, 0.717) is 32.0 Å². The molecule has 3 rings (SSSR count). The first-order valence-corrected chi connectivity index (χ1v) is 9.35. The predicted octanol–water partition coefficient (Wildman–Crippen LogP) is 4.47. The maximum absolute atomic E-state index is 13.6. The van der Waals surface area contributed by atoms with Gasteiger partial charge in [-0.15, -0.1) is 0 Å². The largest absolute Gasteiger partial charge is 0.434 e. The Bertz CT molecular complexity index is 902. The van der Waals surface area contributed by atoms with Gasteiger partial charge < -0.3 is 25.0 Å². The van der Waals surface area contributed by atoms with Gasteiger partial charge in [0.15, 0.2) is 0 Å². The summed E-state index contributed by atoms with van der Waals surface area (Å²) in [7, 11) is 0. The third-order valence-electron chi connectivity index (χ3n) is 4.56. The molecular weight excluding hydrogens is 425 g/mol. The Balaban J connectivity index is 1.71. The van der Waals surface area contributed by atoms with Gasteiger partial charge in [-0.3, -0.25) is 0 Å². The number of nitrogens with one attached hydrogen (secondary N) is 2. The number of urea groups is 1. The molecule has 11 heteroatoms. The van der Waals surface area contributed by atoms with Crippen molar-refractivity contribution in [1.82, 2.24) is 5.32 Å². The summed E-state index contributed by atoms with van der Waals surface area (Å²) in [6, 6.07) is 8.52. The molecule has 0 bridgehead atoms. The molecule has 0 unspecified atom stereocenters. The fourth-order valence-electron chi connectivity index (χ4n) is 3.10. The van der Waals surface area contributed by atoms with Gasteiger partial charge in [-0.05, 0) is 24.3 Å². The molecule has 2 aromatic carbocycles. The molecule has 0 spiro atoms. The number of anilines is 2. The van der Waals surface area contributed by atoms with Crippen molar-refractivity contribution < 1.29 is 36.2 Å². The second-order valence-corrected chi connectivity index (χ2v) is 6.62. The van der Waals surface area contributed by atoms with Crippen molar-refractivity contribution in [3.63, 3.8) is 0 Å². The zero-order chi connectivity index (χ0) is 22.4.